The Morgan fingerprint density at radius 3 is 1.90 bits per heavy atom. The average molecular weight is 530 g/mol. The van der Waals surface area contributed by atoms with E-state index in [1.165, 1.54) is 27.6 Å². The molecule has 0 amide bonds. The summed E-state index contributed by atoms with van der Waals surface area (Å²) in [6.07, 6.45) is 0. The van der Waals surface area contributed by atoms with Crippen molar-refractivity contribution in [2.24, 2.45) is 0 Å². The maximum Gasteiger partial charge on any atom is 0.0630 e. The van der Waals surface area contributed by atoms with Gasteiger partial charge in [0.15, 0.2) is 0 Å². The van der Waals surface area contributed by atoms with Crippen molar-refractivity contribution in [2.75, 3.05) is 0 Å². The molecule has 0 fully saturated rings. The largest absolute Gasteiger partial charge is 0.0630 e. The molecule has 0 heteroatoms. The molecular weight excluding hydrogens is 492 g/mol. The number of benzene rings is 8. The fourth-order valence-electron chi connectivity index (χ4n) is 6.91. The molecule has 0 aromatic heterocycles. The summed E-state index contributed by atoms with van der Waals surface area (Å²) in [4.78, 5) is 0. The van der Waals surface area contributed by atoms with E-state index in [4.69, 9.17) is 12.3 Å². The first kappa shape index (κ1) is 15.7. The number of hydrogen-bond acceptors (Lipinski definition) is 0. The van der Waals surface area contributed by atoms with E-state index in [0.717, 1.165) is 16.5 Å². The molecule has 9 rings (SSSR count). The van der Waals surface area contributed by atoms with Gasteiger partial charge in [-0.3, -0.25) is 0 Å². The second-order valence-electron chi connectivity index (χ2n) is 11.4. The lowest BCUT2D eigenvalue weighted by atomic mass is 9.68. The van der Waals surface area contributed by atoms with Crippen molar-refractivity contribution in [3.05, 3.63) is 144 Å². The molecule has 1 aliphatic rings. The van der Waals surface area contributed by atoms with E-state index >= 15 is 0 Å². The topological polar surface area (TPSA) is 0 Å². The molecule has 0 N–H and O–H groups in total. The molecule has 0 spiro atoms. The van der Waals surface area contributed by atoms with Gasteiger partial charge in [-0.2, -0.15) is 0 Å². The monoisotopic (exact) mass is 529 g/mol. The quantitative estimate of drug-likeness (QED) is 0.195. The van der Waals surface area contributed by atoms with Gasteiger partial charge in [0.25, 0.3) is 0 Å². The maximum atomic E-state index is 9.12. The summed E-state index contributed by atoms with van der Waals surface area (Å²) in [6.45, 7) is 4.53. The van der Waals surface area contributed by atoms with E-state index in [-0.39, 0.29) is 73.5 Å². The van der Waals surface area contributed by atoms with Crippen molar-refractivity contribution in [3.63, 3.8) is 0 Å². The normalized spacial score (nSPS) is 16.9. The highest BCUT2D eigenvalue weighted by Gasteiger charge is 2.33. The zero-order chi connectivity index (χ0) is 35.1. The van der Waals surface area contributed by atoms with Crippen molar-refractivity contribution in [1.29, 1.82) is 0 Å². The third-order valence-electron chi connectivity index (χ3n) is 8.90. The van der Waals surface area contributed by atoms with E-state index in [2.05, 4.69) is 68.4 Å². The zero-order valence-corrected chi connectivity index (χ0v) is 22.5. The lowest BCUT2D eigenvalue weighted by Crippen LogP contribution is -2.23. The van der Waals surface area contributed by atoms with Crippen LogP contribution in [0.3, 0.4) is 0 Å². The van der Waals surface area contributed by atoms with Gasteiger partial charge in [-0.1, -0.05) is 147 Å². The molecule has 8 aromatic rings. The second kappa shape index (κ2) is 8.05. The molecule has 0 nitrogen and oxygen atoms in total. The predicted octanol–water partition coefficient (Wildman–Crippen LogP) is 11.4. The first-order valence-electron chi connectivity index (χ1n) is 18.3. The Balaban J connectivity index is 1.30. The molecule has 0 atom stereocenters. The molecule has 0 unspecified atom stereocenters. The first-order chi connectivity index (χ1) is 23.9. The van der Waals surface area contributed by atoms with E-state index in [9.17, 15) is 0 Å². The van der Waals surface area contributed by atoms with Gasteiger partial charge in [0.1, 0.15) is 0 Å². The molecule has 0 radical (unpaired) electrons. The van der Waals surface area contributed by atoms with Crippen LogP contribution in [-0.4, -0.2) is 0 Å². The standard InChI is InChI=1S/C41H28/c1-41(2)36-12-4-3-9-32(36)34-11-6-10-33-31(23-24-37(41)40(33)34)26-15-13-25(14-16-26)30-21-19-29-18-17-27-7-5-8-28-20-22-35(30)39(29)38(27)28/h3-24H,1-2H3/i5D,7D,8D,17D,18D,19D,20D,21D,22D. The summed E-state index contributed by atoms with van der Waals surface area (Å²) < 4.78 is 79.3. The van der Waals surface area contributed by atoms with Gasteiger partial charge in [0.05, 0.1) is 12.3 Å². The van der Waals surface area contributed by atoms with Gasteiger partial charge in [-0.05, 0) is 87.6 Å². The Labute approximate surface area is 252 Å². The van der Waals surface area contributed by atoms with Crippen LogP contribution in [0.1, 0.15) is 37.3 Å². The molecule has 0 bridgehead atoms. The molecule has 0 heterocycles. The predicted molar refractivity (Wildman–Crippen MR) is 176 cm³/mol. The van der Waals surface area contributed by atoms with E-state index < -0.39 is 24.2 Å². The SMILES string of the molecule is [2H]c1c([2H])c2c([2H])c([2H])c3c([2H])c([2H])c(-c4ccc(-c5ccc6c7c(cccc57)-c5ccccc5C6(C)C)cc4)c4c([2H])c([2H])c(c1[2H])c2c34. The summed E-state index contributed by atoms with van der Waals surface area (Å²) in [5.74, 6) is 0. The lowest BCUT2D eigenvalue weighted by molar-refractivity contribution is 0.645. The second-order valence-corrected chi connectivity index (χ2v) is 11.4. The molecule has 1 aliphatic carbocycles. The number of fused-ring (bicyclic) bond motifs is 2. The Bertz CT molecular complexity index is 2790. The molecule has 8 aromatic carbocycles. The van der Waals surface area contributed by atoms with Crippen molar-refractivity contribution in [1.82, 2.24) is 0 Å². The highest BCUT2D eigenvalue weighted by Crippen LogP contribution is 2.50. The van der Waals surface area contributed by atoms with E-state index in [1.54, 1.807) is 0 Å². The Morgan fingerprint density at radius 1 is 0.439 bits per heavy atom. The van der Waals surface area contributed by atoms with Crippen LogP contribution >= 0.6 is 0 Å². The third kappa shape index (κ3) is 3.05. The van der Waals surface area contributed by atoms with Crippen LogP contribution < -0.4 is 0 Å². The summed E-state index contributed by atoms with van der Waals surface area (Å²) in [5, 5.41) is 2.76. The molecule has 192 valence electrons. The number of hydrogen-bond donors (Lipinski definition) is 0. The molecule has 0 aliphatic heterocycles. The van der Waals surface area contributed by atoms with Crippen LogP contribution in [0.4, 0.5) is 0 Å². The van der Waals surface area contributed by atoms with Crippen LogP contribution in [0.5, 0.6) is 0 Å². The van der Waals surface area contributed by atoms with Crippen molar-refractivity contribution in [2.45, 2.75) is 19.3 Å². The Morgan fingerprint density at radius 2 is 1.10 bits per heavy atom. The van der Waals surface area contributed by atoms with Crippen molar-refractivity contribution in [3.8, 4) is 33.4 Å². The summed E-state index contributed by atoms with van der Waals surface area (Å²) in [7, 11) is 0. The Kier molecular flexibility index (Phi) is 3.09. The van der Waals surface area contributed by atoms with E-state index in [0.29, 0.717) is 5.56 Å². The minimum atomic E-state index is -0.480. The Hall–Kier alpha value is -4.94. The smallest absolute Gasteiger partial charge is 0.0619 e. The van der Waals surface area contributed by atoms with Crippen molar-refractivity contribution < 1.29 is 12.3 Å². The highest BCUT2D eigenvalue weighted by molar-refractivity contribution is 6.25. The maximum absolute atomic E-state index is 9.12. The fourth-order valence-corrected chi connectivity index (χ4v) is 6.91. The summed E-state index contributed by atoms with van der Waals surface area (Å²) in [6, 6.07) is 23.8. The van der Waals surface area contributed by atoms with Gasteiger partial charge < -0.3 is 0 Å². The highest BCUT2D eigenvalue weighted by atomic mass is 14.4. The van der Waals surface area contributed by atoms with Crippen LogP contribution in [0.25, 0.3) is 76.5 Å². The van der Waals surface area contributed by atoms with Gasteiger partial charge in [0.2, 0.25) is 0 Å². The first-order valence-corrected chi connectivity index (χ1v) is 13.8. The van der Waals surface area contributed by atoms with Crippen molar-refractivity contribution >= 4 is 43.1 Å². The van der Waals surface area contributed by atoms with Gasteiger partial charge >= 0.3 is 0 Å². The summed E-state index contributed by atoms with van der Waals surface area (Å²) >= 11 is 0. The van der Waals surface area contributed by atoms with Gasteiger partial charge in [0, 0.05) is 5.41 Å². The lowest BCUT2D eigenvalue weighted by Gasteiger charge is -2.35. The van der Waals surface area contributed by atoms with Crippen LogP contribution in [0.15, 0.2) is 133 Å². The van der Waals surface area contributed by atoms with Gasteiger partial charge in [-0.15, -0.1) is 0 Å². The fraction of sp³-hybridized carbons (Fsp3) is 0.0732. The third-order valence-corrected chi connectivity index (χ3v) is 8.90. The van der Waals surface area contributed by atoms with Crippen LogP contribution in [0.2, 0.25) is 0 Å². The van der Waals surface area contributed by atoms with Gasteiger partial charge in [-0.25, -0.2) is 0 Å². The summed E-state index contributed by atoms with van der Waals surface area (Å²) in [5.41, 5.74) is 7.59. The zero-order valence-electron chi connectivity index (χ0n) is 31.5. The van der Waals surface area contributed by atoms with E-state index in [1.807, 2.05) is 24.3 Å². The average Bonchev–Trinajstić information content (AvgIpc) is 3.11. The molecular formula is C41H28. The molecule has 0 saturated carbocycles. The number of rotatable bonds is 2. The minimum Gasteiger partial charge on any atom is -0.0619 e. The minimum absolute atomic E-state index is 0.0220. The molecule has 41 heavy (non-hydrogen) atoms. The van der Waals surface area contributed by atoms with Crippen LogP contribution in [-0.2, 0) is 5.41 Å². The van der Waals surface area contributed by atoms with Crippen LogP contribution in [0, 0.1) is 0 Å². The molecule has 0 saturated heterocycles.